The summed E-state index contributed by atoms with van der Waals surface area (Å²) in [5, 5.41) is 0.312. The van der Waals surface area contributed by atoms with E-state index in [-0.39, 0.29) is 0 Å². The Balaban J connectivity index is 2.14. The SMILES string of the molecule is Cc1ccc(C(CN)Sc2ccc(Br)cc2)cc1. The summed E-state index contributed by atoms with van der Waals surface area (Å²) < 4.78 is 1.10. The summed E-state index contributed by atoms with van der Waals surface area (Å²) in [6.45, 7) is 2.74. The van der Waals surface area contributed by atoms with Gasteiger partial charge in [-0.1, -0.05) is 45.8 Å². The van der Waals surface area contributed by atoms with Crippen molar-refractivity contribution < 1.29 is 0 Å². The smallest absolute Gasteiger partial charge is 0.0466 e. The molecule has 0 fully saturated rings. The molecule has 2 aromatic rings. The van der Waals surface area contributed by atoms with Crippen LogP contribution in [0.25, 0.3) is 0 Å². The molecule has 0 aliphatic carbocycles. The van der Waals surface area contributed by atoms with Crippen molar-refractivity contribution in [3.05, 3.63) is 64.1 Å². The lowest BCUT2D eigenvalue weighted by molar-refractivity contribution is 0.940. The van der Waals surface area contributed by atoms with Crippen LogP contribution in [0.2, 0.25) is 0 Å². The lowest BCUT2D eigenvalue weighted by atomic mass is 10.1. The Morgan fingerprint density at radius 3 is 2.22 bits per heavy atom. The Labute approximate surface area is 121 Å². The zero-order valence-electron chi connectivity index (χ0n) is 10.3. The third-order valence-corrected chi connectivity index (χ3v) is 4.58. The van der Waals surface area contributed by atoms with Crippen LogP contribution in [0.4, 0.5) is 0 Å². The molecule has 0 bridgehead atoms. The summed E-state index contributed by atoms with van der Waals surface area (Å²) in [7, 11) is 0. The molecule has 94 valence electrons. The van der Waals surface area contributed by atoms with Gasteiger partial charge in [0.15, 0.2) is 0 Å². The average molecular weight is 322 g/mol. The third-order valence-electron chi connectivity index (χ3n) is 2.76. The van der Waals surface area contributed by atoms with Crippen LogP contribution in [-0.2, 0) is 0 Å². The van der Waals surface area contributed by atoms with Gasteiger partial charge in [0.25, 0.3) is 0 Å². The maximum Gasteiger partial charge on any atom is 0.0466 e. The van der Waals surface area contributed by atoms with E-state index in [1.807, 2.05) is 11.8 Å². The third kappa shape index (κ3) is 3.61. The summed E-state index contributed by atoms with van der Waals surface area (Å²) in [5.74, 6) is 0. The van der Waals surface area contributed by atoms with Gasteiger partial charge in [-0.05, 0) is 36.8 Å². The number of benzene rings is 2. The molecule has 0 aliphatic heterocycles. The van der Waals surface area contributed by atoms with Crippen LogP contribution in [0, 0.1) is 6.92 Å². The Bertz CT molecular complexity index is 493. The monoisotopic (exact) mass is 321 g/mol. The van der Waals surface area contributed by atoms with E-state index in [2.05, 4.69) is 71.4 Å². The number of thioether (sulfide) groups is 1. The molecule has 1 unspecified atom stereocenters. The van der Waals surface area contributed by atoms with Gasteiger partial charge in [0.2, 0.25) is 0 Å². The van der Waals surface area contributed by atoms with E-state index in [1.54, 1.807) is 0 Å². The van der Waals surface area contributed by atoms with Gasteiger partial charge >= 0.3 is 0 Å². The zero-order chi connectivity index (χ0) is 13.0. The molecule has 1 atom stereocenters. The Hall–Kier alpha value is -0.770. The van der Waals surface area contributed by atoms with Gasteiger partial charge in [-0.15, -0.1) is 11.8 Å². The van der Waals surface area contributed by atoms with Crippen molar-refractivity contribution in [1.29, 1.82) is 0 Å². The van der Waals surface area contributed by atoms with Crippen LogP contribution >= 0.6 is 27.7 Å². The molecular formula is C15H16BrNS. The first-order chi connectivity index (χ1) is 8.69. The molecule has 0 radical (unpaired) electrons. The molecule has 0 spiro atoms. The predicted molar refractivity (Wildman–Crippen MR) is 83.0 cm³/mol. The van der Waals surface area contributed by atoms with Crippen molar-refractivity contribution in [2.45, 2.75) is 17.1 Å². The van der Waals surface area contributed by atoms with E-state index in [0.717, 1.165) is 4.47 Å². The highest BCUT2D eigenvalue weighted by Gasteiger charge is 2.11. The molecule has 0 amide bonds. The van der Waals surface area contributed by atoms with Gasteiger partial charge in [-0.3, -0.25) is 0 Å². The van der Waals surface area contributed by atoms with E-state index >= 15 is 0 Å². The second kappa shape index (κ2) is 6.41. The number of rotatable bonds is 4. The van der Waals surface area contributed by atoms with Crippen LogP contribution in [0.3, 0.4) is 0 Å². The molecule has 0 saturated carbocycles. The first-order valence-electron chi connectivity index (χ1n) is 5.88. The van der Waals surface area contributed by atoms with Crippen LogP contribution in [0.15, 0.2) is 57.9 Å². The summed E-state index contributed by atoms with van der Waals surface area (Å²) in [6.07, 6.45) is 0. The van der Waals surface area contributed by atoms with Gasteiger partial charge < -0.3 is 5.73 Å². The summed E-state index contributed by atoms with van der Waals surface area (Å²) in [5.41, 5.74) is 8.46. The first-order valence-corrected chi connectivity index (χ1v) is 7.55. The first kappa shape index (κ1) is 13.7. The number of nitrogens with two attached hydrogens (primary N) is 1. The lowest BCUT2D eigenvalue weighted by Crippen LogP contribution is -2.09. The maximum absolute atomic E-state index is 5.89. The topological polar surface area (TPSA) is 26.0 Å². The van der Waals surface area contributed by atoms with Gasteiger partial charge in [0.05, 0.1) is 0 Å². The molecule has 0 heterocycles. The van der Waals surface area contributed by atoms with Crippen molar-refractivity contribution in [2.75, 3.05) is 6.54 Å². The highest BCUT2D eigenvalue weighted by molar-refractivity contribution is 9.10. The van der Waals surface area contributed by atoms with E-state index in [4.69, 9.17) is 5.73 Å². The van der Waals surface area contributed by atoms with Crippen LogP contribution < -0.4 is 5.73 Å². The predicted octanol–water partition coefficient (Wildman–Crippen LogP) is 4.55. The van der Waals surface area contributed by atoms with Gasteiger partial charge in [-0.25, -0.2) is 0 Å². The largest absolute Gasteiger partial charge is 0.329 e. The minimum atomic E-state index is 0.312. The minimum Gasteiger partial charge on any atom is -0.329 e. The van der Waals surface area contributed by atoms with Crippen molar-refractivity contribution in [2.24, 2.45) is 5.73 Å². The fourth-order valence-corrected chi connectivity index (χ4v) is 2.99. The van der Waals surface area contributed by atoms with Gasteiger partial charge in [-0.2, -0.15) is 0 Å². The molecule has 2 N–H and O–H groups in total. The highest BCUT2D eigenvalue weighted by atomic mass is 79.9. The van der Waals surface area contributed by atoms with Crippen molar-refractivity contribution in [3.63, 3.8) is 0 Å². The Kier molecular flexibility index (Phi) is 4.87. The molecular weight excluding hydrogens is 306 g/mol. The summed E-state index contributed by atoms with van der Waals surface area (Å²) >= 11 is 5.26. The standard InChI is InChI=1S/C15H16BrNS/c1-11-2-4-12(5-3-11)15(10-17)18-14-8-6-13(16)7-9-14/h2-9,15H,10,17H2,1H3. The second-order valence-corrected chi connectivity index (χ2v) is 6.40. The molecule has 0 aliphatic rings. The fraction of sp³-hybridized carbons (Fsp3) is 0.200. The van der Waals surface area contributed by atoms with Crippen LogP contribution in [-0.4, -0.2) is 6.54 Å². The minimum absolute atomic E-state index is 0.312. The second-order valence-electron chi connectivity index (χ2n) is 4.21. The van der Waals surface area contributed by atoms with Crippen molar-refractivity contribution in [3.8, 4) is 0 Å². The summed E-state index contributed by atoms with van der Waals surface area (Å²) in [6, 6.07) is 17.0. The van der Waals surface area contributed by atoms with Crippen molar-refractivity contribution in [1.82, 2.24) is 0 Å². The zero-order valence-corrected chi connectivity index (χ0v) is 12.7. The number of hydrogen-bond donors (Lipinski definition) is 1. The Morgan fingerprint density at radius 1 is 1.06 bits per heavy atom. The quantitative estimate of drug-likeness (QED) is 0.836. The van der Waals surface area contributed by atoms with E-state index in [0.29, 0.717) is 11.8 Å². The molecule has 0 aromatic heterocycles. The number of halogens is 1. The molecule has 3 heteroatoms. The average Bonchev–Trinajstić information content (AvgIpc) is 2.39. The normalized spacial score (nSPS) is 12.4. The van der Waals surface area contributed by atoms with Gasteiger partial charge in [0, 0.05) is 21.2 Å². The molecule has 2 rings (SSSR count). The molecule has 18 heavy (non-hydrogen) atoms. The number of hydrogen-bond acceptors (Lipinski definition) is 2. The van der Waals surface area contributed by atoms with E-state index < -0.39 is 0 Å². The molecule has 1 nitrogen and oxygen atoms in total. The fourth-order valence-electron chi connectivity index (χ4n) is 1.71. The molecule has 0 saturated heterocycles. The lowest BCUT2D eigenvalue weighted by Gasteiger charge is -2.15. The van der Waals surface area contributed by atoms with Crippen LogP contribution in [0.1, 0.15) is 16.4 Å². The maximum atomic E-state index is 5.89. The number of aryl methyl sites for hydroxylation is 1. The molecule has 2 aromatic carbocycles. The van der Waals surface area contributed by atoms with E-state index in [1.165, 1.54) is 16.0 Å². The van der Waals surface area contributed by atoms with Gasteiger partial charge in [0.1, 0.15) is 0 Å². The van der Waals surface area contributed by atoms with Crippen LogP contribution in [0.5, 0.6) is 0 Å². The summed E-state index contributed by atoms with van der Waals surface area (Å²) in [4.78, 5) is 1.24. The van der Waals surface area contributed by atoms with Crippen molar-refractivity contribution >= 4 is 27.7 Å². The van der Waals surface area contributed by atoms with E-state index in [9.17, 15) is 0 Å². The highest BCUT2D eigenvalue weighted by Crippen LogP contribution is 2.34. The Morgan fingerprint density at radius 2 is 1.67 bits per heavy atom.